The Labute approximate surface area is 174 Å². The van der Waals surface area contributed by atoms with Crippen molar-refractivity contribution in [3.05, 3.63) is 59.7 Å². The zero-order valence-corrected chi connectivity index (χ0v) is 18.1. The number of halogens is 1. The molecule has 0 aliphatic rings. The van der Waals surface area contributed by atoms with Gasteiger partial charge in [0.1, 0.15) is 5.82 Å². The first-order valence-corrected chi connectivity index (χ1v) is 10.7. The summed E-state index contributed by atoms with van der Waals surface area (Å²) in [6, 6.07) is 10.6. The maximum absolute atomic E-state index is 13.2. The molecule has 1 aromatic carbocycles. The maximum Gasteiger partial charge on any atom is 0.226 e. The van der Waals surface area contributed by atoms with Gasteiger partial charge in [-0.3, -0.25) is 4.79 Å². The normalized spacial score (nSPS) is 12.1. The Hall–Kier alpha value is -2.14. The van der Waals surface area contributed by atoms with Crippen molar-refractivity contribution in [2.45, 2.75) is 59.0 Å². The van der Waals surface area contributed by atoms with E-state index in [0.29, 0.717) is 26.2 Å². The minimum atomic E-state index is -0.228. The minimum Gasteiger partial charge on any atom is -0.385 e. The summed E-state index contributed by atoms with van der Waals surface area (Å²) in [6.45, 7) is 6.84. The predicted octanol–water partition coefficient (Wildman–Crippen LogP) is 5.26. The third kappa shape index (κ3) is 7.32. The molecule has 4 nitrogen and oxygen atoms in total. The number of aromatic nitrogens is 1. The molecule has 1 heterocycles. The second-order valence-electron chi connectivity index (χ2n) is 7.61. The summed E-state index contributed by atoms with van der Waals surface area (Å²) in [4.78, 5) is 15.2. The van der Waals surface area contributed by atoms with Gasteiger partial charge in [0.05, 0.1) is 6.54 Å². The number of carbonyl (C=O) groups is 1. The smallest absolute Gasteiger partial charge is 0.226 e. The van der Waals surface area contributed by atoms with Crippen LogP contribution >= 0.6 is 0 Å². The molecule has 0 aliphatic heterocycles. The molecule has 29 heavy (non-hydrogen) atoms. The zero-order valence-electron chi connectivity index (χ0n) is 18.1. The van der Waals surface area contributed by atoms with Crippen molar-refractivity contribution in [1.82, 2.24) is 9.47 Å². The van der Waals surface area contributed by atoms with Gasteiger partial charge in [-0.1, -0.05) is 38.8 Å². The van der Waals surface area contributed by atoms with Gasteiger partial charge in [-0.05, 0) is 49.1 Å². The van der Waals surface area contributed by atoms with Crippen LogP contribution in [0.1, 0.15) is 57.2 Å². The Bertz CT molecular complexity index is 727. The molecule has 0 saturated carbocycles. The van der Waals surface area contributed by atoms with Crippen LogP contribution in [0.3, 0.4) is 0 Å². The number of carbonyl (C=O) groups excluding carboxylic acids is 1. The summed E-state index contributed by atoms with van der Waals surface area (Å²) in [5.74, 6) is 0.0960. The predicted molar refractivity (Wildman–Crippen MR) is 115 cm³/mol. The van der Waals surface area contributed by atoms with Crippen LogP contribution in [0, 0.1) is 11.7 Å². The fourth-order valence-corrected chi connectivity index (χ4v) is 3.61. The summed E-state index contributed by atoms with van der Waals surface area (Å²) in [6.07, 6.45) is 6.85. The van der Waals surface area contributed by atoms with E-state index in [1.54, 1.807) is 19.2 Å². The number of rotatable bonds is 13. The Morgan fingerprint density at radius 2 is 1.93 bits per heavy atom. The number of amides is 1. The lowest BCUT2D eigenvalue weighted by atomic mass is 9.97. The van der Waals surface area contributed by atoms with Gasteiger partial charge in [0, 0.05) is 44.6 Å². The van der Waals surface area contributed by atoms with E-state index in [1.807, 2.05) is 17.2 Å². The molecule has 2 aromatic rings. The van der Waals surface area contributed by atoms with E-state index in [1.165, 1.54) is 12.1 Å². The first-order valence-electron chi connectivity index (χ1n) is 10.7. The molecule has 0 unspecified atom stereocenters. The average molecular weight is 403 g/mol. The van der Waals surface area contributed by atoms with Crippen molar-refractivity contribution in [3.63, 3.8) is 0 Å². The molecular weight excluding hydrogens is 367 g/mol. The van der Waals surface area contributed by atoms with Crippen molar-refractivity contribution in [2.75, 3.05) is 20.3 Å². The summed E-state index contributed by atoms with van der Waals surface area (Å²) in [5, 5.41) is 0. The number of hydrogen-bond acceptors (Lipinski definition) is 2. The van der Waals surface area contributed by atoms with Gasteiger partial charge in [0.15, 0.2) is 0 Å². The van der Waals surface area contributed by atoms with Crippen LogP contribution in [0.4, 0.5) is 4.39 Å². The molecule has 1 atom stereocenters. The minimum absolute atomic E-state index is 0.0815. The molecule has 5 heteroatoms. The van der Waals surface area contributed by atoms with Gasteiger partial charge in [0.25, 0.3) is 0 Å². The second-order valence-corrected chi connectivity index (χ2v) is 7.61. The van der Waals surface area contributed by atoms with E-state index in [-0.39, 0.29) is 17.6 Å². The molecule has 0 spiro atoms. The van der Waals surface area contributed by atoms with Gasteiger partial charge in [-0.2, -0.15) is 0 Å². The van der Waals surface area contributed by atoms with E-state index >= 15 is 0 Å². The summed E-state index contributed by atoms with van der Waals surface area (Å²) in [5.41, 5.74) is 2.13. The highest BCUT2D eigenvalue weighted by Gasteiger charge is 2.23. The maximum atomic E-state index is 13.2. The fourth-order valence-electron chi connectivity index (χ4n) is 3.61. The van der Waals surface area contributed by atoms with Gasteiger partial charge in [-0.15, -0.1) is 0 Å². The molecule has 0 saturated heterocycles. The molecule has 160 valence electrons. The number of hydrogen-bond donors (Lipinski definition) is 0. The number of unbranched alkanes of at least 4 members (excludes halogenated alkanes) is 1. The summed E-state index contributed by atoms with van der Waals surface area (Å²) in [7, 11) is 1.69. The molecule has 0 N–H and O–H groups in total. The van der Waals surface area contributed by atoms with E-state index in [4.69, 9.17) is 4.74 Å². The van der Waals surface area contributed by atoms with Gasteiger partial charge >= 0.3 is 0 Å². The average Bonchev–Trinajstić information content (AvgIpc) is 3.16. The van der Waals surface area contributed by atoms with Crippen molar-refractivity contribution in [3.8, 4) is 0 Å². The van der Waals surface area contributed by atoms with Crippen LogP contribution in [-0.2, 0) is 22.6 Å². The van der Waals surface area contributed by atoms with Crippen LogP contribution in [0.15, 0.2) is 42.6 Å². The summed E-state index contributed by atoms with van der Waals surface area (Å²) >= 11 is 0. The lowest BCUT2D eigenvalue weighted by molar-refractivity contribution is -0.136. The molecule has 0 bridgehead atoms. The Balaban J connectivity index is 2.12. The van der Waals surface area contributed by atoms with Gasteiger partial charge < -0.3 is 14.2 Å². The standard InChI is InChI=1S/C24H35FN2O2/c1-4-6-9-21(5-2)24(28)27(16-8-17-29-3)19-23-10-7-15-26(23)18-20-11-13-22(25)14-12-20/h7,10-15,21H,4-6,8-9,16-19H2,1-3H3/t21-/m1/s1. The molecule has 2 rings (SSSR count). The van der Waals surface area contributed by atoms with Gasteiger partial charge in [0.2, 0.25) is 5.91 Å². The highest BCUT2D eigenvalue weighted by atomic mass is 19.1. The molecule has 1 aromatic heterocycles. The van der Waals surface area contributed by atoms with E-state index in [0.717, 1.165) is 43.4 Å². The lowest BCUT2D eigenvalue weighted by Crippen LogP contribution is -2.37. The van der Waals surface area contributed by atoms with Crippen molar-refractivity contribution in [2.24, 2.45) is 5.92 Å². The molecule has 1 amide bonds. The van der Waals surface area contributed by atoms with Crippen molar-refractivity contribution < 1.29 is 13.9 Å². The SMILES string of the molecule is CCCC[C@@H](CC)C(=O)N(CCCOC)Cc1cccn1Cc1ccc(F)cc1. The monoisotopic (exact) mass is 402 g/mol. The zero-order chi connectivity index (χ0) is 21.1. The second kappa shape index (κ2) is 12.4. The molecule has 0 fully saturated rings. The topological polar surface area (TPSA) is 34.5 Å². The Kier molecular flexibility index (Phi) is 9.92. The van der Waals surface area contributed by atoms with Crippen molar-refractivity contribution >= 4 is 5.91 Å². The number of ether oxygens (including phenoxy) is 1. The summed E-state index contributed by atoms with van der Waals surface area (Å²) < 4.78 is 20.5. The number of benzene rings is 1. The molecule has 0 radical (unpaired) electrons. The van der Waals surface area contributed by atoms with Crippen LogP contribution in [0.25, 0.3) is 0 Å². The van der Waals surface area contributed by atoms with E-state index in [2.05, 4.69) is 24.5 Å². The van der Waals surface area contributed by atoms with Crippen LogP contribution in [0.2, 0.25) is 0 Å². The fraction of sp³-hybridized carbons (Fsp3) is 0.542. The highest BCUT2D eigenvalue weighted by molar-refractivity contribution is 5.78. The Morgan fingerprint density at radius 3 is 2.59 bits per heavy atom. The number of methoxy groups -OCH3 is 1. The quantitative estimate of drug-likeness (QED) is 0.429. The van der Waals surface area contributed by atoms with E-state index in [9.17, 15) is 9.18 Å². The molecule has 0 aliphatic carbocycles. The van der Waals surface area contributed by atoms with Crippen LogP contribution in [0.5, 0.6) is 0 Å². The Morgan fingerprint density at radius 1 is 1.17 bits per heavy atom. The third-order valence-corrected chi connectivity index (χ3v) is 5.38. The first kappa shape index (κ1) is 23.1. The van der Waals surface area contributed by atoms with Crippen LogP contribution in [-0.4, -0.2) is 35.6 Å². The van der Waals surface area contributed by atoms with Crippen molar-refractivity contribution in [1.29, 1.82) is 0 Å². The number of nitrogens with zero attached hydrogens (tertiary/aromatic N) is 2. The van der Waals surface area contributed by atoms with E-state index < -0.39 is 0 Å². The van der Waals surface area contributed by atoms with Gasteiger partial charge in [-0.25, -0.2) is 4.39 Å². The largest absolute Gasteiger partial charge is 0.385 e. The lowest BCUT2D eigenvalue weighted by Gasteiger charge is -2.28. The van der Waals surface area contributed by atoms with Crippen LogP contribution < -0.4 is 0 Å². The highest BCUT2D eigenvalue weighted by Crippen LogP contribution is 2.19. The third-order valence-electron chi connectivity index (χ3n) is 5.38. The first-order chi connectivity index (χ1) is 14.1. The molecular formula is C24H35FN2O2.